The first-order valence-electron chi connectivity index (χ1n) is 4.33. The number of rotatable bonds is 4. The molecule has 0 aromatic heterocycles. The first kappa shape index (κ1) is 14.0. The zero-order valence-corrected chi connectivity index (χ0v) is 9.57. The van der Waals surface area contributed by atoms with E-state index in [1.807, 2.05) is 0 Å². The molecule has 3 nitrogen and oxygen atoms in total. The van der Waals surface area contributed by atoms with E-state index in [1.54, 1.807) is 6.07 Å². The maximum absolute atomic E-state index is 13.4. The number of hydrogen-bond donors (Lipinski definition) is 1. The summed E-state index contributed by atoms with van der Waals surface area (Å²) in [5.74, 6) is 0.111. The molecule has 0 unspecified atom stereocenters. The van der Waals surface area contributed by atoms with Gasteiger partial charge in [0.1, 0.15) is 0 Å². The fourth-order valence-electron chi connectivity index (χ4n) is 1.28. The SMILES string of the molecule is COc1cc(CCN)cc(F)c1OC.Cl. The van der Waals surface area contributed by atoms with E-state index in [9.17, 15) is 4.39 Å². The molecule has 1 aromatic carbocycles. The summed E-state index contributed by atoms with van der Waals surface area (Å²) in [6, 6.07) is 3.14. The van der Waals surface area contributed by atoms with Crippen LogP contribution >= 0.6 is 12.4 Å². The molecule has 2 N–H and O–H groups in total. The summed E-state index contributed by atoms with van der Waals surface area (Å²) in [5.41, 5.74) is 6.19. The van der Waals surface area contributed by atoms with Gasteiger partial charge in [-0.25, -0.2) is 4.39 Å². The lowest BCUT2D eigenvalue weighted by Crippen LogP contribution is -2.04. The van der Waals surface area contributed by atoms with E-state index >= 15 is 0 Å². The zero-order valence-electron chi connectivity index (χ0n) is 8.75. The van der Waals surface area contributed by atoms with Gasteiger partial charge in [-0.1, -0.05) is 0 Å². The van der Waals surface area contributed by atoms with Crippen LogP contribution in [0.4, 0.5) is 4.39 Å². The Balaban J connectivity index is 0.00000196. The normalized spacial score (nSPS) is 9.33. The first-order chi connectivity index (χ1) is 6.72. The lowest BCUT2D eigenvalue weighted by Gasteiger charge is -2.10. The van der Waals surface area contributed by atoms with Crippen molar-refractivity contribution < 1.29 is 13.9 Å². The highest BCUT2D eigenvalue weighted by molar-refractivity contribution is 5.85. The Morgan fingerprint density at radius 3 is 2.40 bits per heavy atom. The largest absolute Gasteiger partial charge is 0.493 e. The van der Waals surface area contributed by atoms with Crippen LogP contribution in [-0.4, -0.2) is 20.8 Å². The van der Waals surface area contributed by atoms with Crippen LogP contribution in [0.3, 0.4) is 0 Å². The highest BCUT2D eigenvalue weighted by Crippen LogP contribution is 2.31. The van der Waals surface area contributed by atoms with Crippen molar-refractivity contribution >= 4 is 12.4 Å². The van der Waals surface area contributed by atoms with Gasteiger partial charge < -0.3 is 15.2 Å². The third-order valence-electron chi connectivity index (χ3n) is 1.93. The highest BCUT2D eigenvalue weighted by atomic mass is 35.5. The molecule has 0 aliphatic heterocycles. The van der Waals surface area contributed by atoms with Crippen molar-refractivity contribution in [3.63, 3.8) is 0 Å². The molecule has 0 heterocycles. The van der Waals surface area contributed by atoms with E-state index in [0.717, 1.165) is 5.56 Å². The van der Waals surface area contributed by atoms with Gasteiger partial charge in [0, 0.05) is 0 Å². The summed E-state index contributed by atoms with van der Waals surface area (Å²) < 4.78 is 23.2. The van der Waals surface area contributed by atoms with E-state index in [2.05, 4.69) is 0 Å². The van der Waals surface area contributed by atoms with Gasteiger partial charge in [-0.2, -0.15) is 0 Å². The van der Waals surface area contributed by atoms with Crippen molar-refractivity contribution in [2.24, 2.45) is 5.73 Å². The summed E-state index contributed by atoms with van der Waals surface area (Å²) in [6.45, 7) is 0.481. The minimum atomic E-state index is -0.421. The molecular formula is C10H15ClFNO2. The average Bonchev–Trinajstić information content (AvgIpc) is 2.17. The molecule has 0 amide bonds. The van der Waals surface area contributed by atoms with Gasteiger partial charge >= 0.3 is 0 Å². The summed E-state index contributed by atoms with van der Waals surface area (Å²) in [5, 5.41) is 0. The summed E-state index contributed by atoms with van der Waals surface area (Å²) in [4.78, 5) is 0. The molecule has 0 aliphatic carbocycles. The molecule has 15 heavy (non-hydrogen) atoms. The van der Waals surface area contributed by atoms with Gasteiger partial charge in [0.15, 0.2) is 17.3 Å². The Kier molecular flexibility index (Phi) is 6.05. The van der Waals surface area contributed by atoms with Gasteiger partial charge in [0.2, 0.25) is 0 Å². The molecule has 0 saturated heterocycles. The second kappa shape index (κ2) is 6.48. The smallest absolute Gasteiger partial charge is 0.196 e. The summed E-state index contributed by atoms with van der Waals surface area (Å²) in [6.07, 6.45) is 0.622. The van der Waals surface area contributed by atoms with Crippen LogP contribution in [-0.2, 0) is 6.42 Å². The van der Waals surface area contributed by atoms with E-state index in [1.165, 1.54) is 20.3 Å². The van der Waals surface area contributed by atoms with Crippen LogP contribution in [0.5, 0.6) is 11.5 Å². The third kappa shape index (κ3) is 3.25. The van der Waals surface area contributed by atoms with Crippen LogP contribution in [0.15, 0.2) is 12.1 Å². The molecule has 1 rings (SSSR count). The second-order valence-electron chi connectivity index (χ2n) is 2.85. The number of nitrogens with two attached hydrogens (primary N) is 1. The molecule has 0 radical (unpaired) electrons. The van der Waals surface area contributed by atoms with Gasteiger partial charge in [-0.3, -0.25) is 0 Å². The summed E-state index contributed by atoms with van der Waals surface area (Å²) >= 11 is 0. The highest BCUT2D eigenvalue weighted by Gasteiger charge is 2.11. The number of methoxy groups -OCH3 is 2. The fraction of sp³-hybridized carbons (Fsp3) is 0.400. The Hall–Kier alpha value is -1.00. The molecule has 0 fully saturated rings. The molecule has 0 atom stereocenters. The Bertz CT molecular complexity index is 321. The maximum atomic E-state index is 13.4. The molecule has 5 heteroatoms. The van der Waals surface area contributed by atoms with Crippen molar-refractivity contribution in [1.82, 2.24) is 0 Å². The minimum absolute atomic E-state index is 0. The summed E-state index contributed by atoms with van der Waals surface area (Å²) in [7, 11) is 2.88. The number of hydrogen-bond acceptors (Lipinski definition) is 3. The third-order valence-corrected chi connectivity index (χ3v) is 1.93. The average molecular weight is 236 g/mol. The van der Waals surface area contributed by atoms with Gasteiger partial charge in [0.05, 0.1) is 14.2 Å². The van der Waals surface area contributed by atoms with Crippen molar-refractivity contribution in [2.75, 3.05) is 20.8 Å². The van der Waals surface area contributed by atoms with Crippen LogP contribution in [0.25, 0.3) is 0 Å². The molecular weight excluding hydrogens is 221 g/mol. The lowest BCUT2D eigenvalue weighted by molar-refractivity contribution is 0.337. The standard InChI is InChI=1S/C10H14FNO2.ClH/c1-13-9-6-7(3-4-12)5-8(11)10(9)14-2;/h5-6H,3-4,12H2,1-2H3;1H. The Morgan fingerprint density at radius 2 is 1.93 bits per heavy atom. The van der Waals surface area contributed by atoms with Gasteiger partial charge in [0.25, 0.3) is 0 Å². The lowest BCUT2D eigenvalue weighted by atomic mass is 10.1. The monoisotopic (exact) mass is 235 g/mol. The van der Waals surface area contributed by atoms with Crippen molar-refractivity contribution in [2.45, 2.75) is 6.42 Å². The maximum Gasteiger partial charge on any atom is 0.196 e. The second-order valence-corrected chi connectivity index (χ2v) is 2.85. The Labute approximate surface area is 94.8 Å². The Morgan fingerprint density at radius 1 is 1.27 bits per heavy atom. The van der Waals surface area contributed by atoms with Crippen LogP contribution in [0.2, 0.25) is 0 Å². The molecule has 0 saturated carbocycles. The van der Waals surface area contributed by atoms with Crippen molar-refractivity contribution in [1.29, 1.82) is 0 Å². The number of benzene rings is 1. The molecule has 0 aliphatic rings. The van der Waals surface area contributed by atoms with E-state index < -0.39 is 5.82 Å². The predicted molar refractivity (Wildman–Crippen MR) is 59.5 cm³/mol. The van der Waals surface area contributed by atoms with Crippen LogP contribution < -0.4 is 15.2 Å². The van der Waals surface area contributed by atoms with Gasteiger partial charge in [-0.15, -0.1) is 12.4 Å². The zero-order chi connectivity index (χ0) is 10.6. The fourth-order valence-corrected chi connectivity index (χ4v) is 1.28. The quantitative estimate of drug-likeness (QED) is 0.865. The van der Waals surface area contributed by atoms with Crippen LogP contribution in [0.1, 0.15) is 5.56 Å². The number of ether oxygens (including phenoxy) is 2. The molecule has 0 bridgehead atoms. The molecule has 1 aromatic rings. The van der Waals surface area contributed by atoms with Crippen molar-refractivity contribution in [3.8, 4) is 11.5 Å². The first-order valence-corrected chi connectivity index (χ1v) is 4.33. The van der Waals surface area contributed by atoms with Crippen LogP contribution in [0, 0.1) is 5.82 Å². The minimum Gasteiger partial charge on any atom is -0.493 e. The molecule has 0 spiro atoms. The topological polar surface area (TPSA) is 44.5 Å². The molecule has 86 valence electrons. The van der Waals surface area contributed by atoms with E-state index in [-0.39, 0.29) is 18.2 Å². The van der Waals surface area contributed by atoms with Gasteiger partial charge in [-0.05, 0) is 30.7 Å². The van der Waals surface area contributed by atoms with E-state index in [0.29, 0.717) is 18.7 Å². The predicted octanol–water partition coefficient (Wildman–Crippen LogP) is 1.77. The van der Waals surface area contributed by atoms with Crippen molar-refractivity contribution in [3.05, 3.63) is 23.5 Å². The van der Waals surface area contributed by atoms with E-state index in [4.69, 9.17) is 15.2 Å². The number of halogens is 2.